The molecule has 2 amide bonds. The van der Waals surface area contributed by atoms with Crippen molar-refractivity contribution in [3.8, 4) is 0 Å². The number of anilines is 2. The third-order valence-electron chi connectivity index (χ3n) is 5.82. The van der Waals surface area contributed by atoms with Gasteiger partial charge in [-0.05, 0) is 66.1 Å². The van der Waals surface area contributed by atoms with Crippen LogP contribution in [-0.4, -0.2) is 16.8 Å². The summed E-state index contributed by atoms with van der Waals surface area (Å²) in [7, 11) is 0. The molecule has 5 rings (SSSR count). The molecule has 1 aromatic heterocycles. The first-order valence-electron chi connectivity index (χ1n) is 11.1. The van der Waals surface area contributed by atoms with E-state index in [1.54, 1.807) is 47.1 Å². The molecule has 2 heterocycles. The molecule has 1 aliphatic rings. The van der Waals surface area contributed by atoms with Gasteiger partial charge < -0.3 is 10.2 Å². The third kappa shape index (κ3) is 4.58. The minimum absolute atomic E-state index is 0.0884. The van der Waals surface area contributed by atoms with Gasteiger partial charge in [0.1, 0.15) is 5.03 Å². The van der Waals surface area contributed by atoms with Crippen molar-refractivity contribution in [2.24, 2.45) is 0 Å². The Balaban J connectivity index is 1.35. The summed E-state index contributed by atoms with van der Waals surface area (Å²) in [6, 6.07) is 26.8. The number of fused-ring (bicyclic) bond motifs is 2. The zero-order valence-corrected chi connectivity index (χ0v) is 19.5. The Morgan fingerprint density at radius 1 is 0.941 bits per heavy atom. The molecule has 0 bridgehead atoms. The molecule has 0 radical (unpaired) electrons. The van der Waals surface area contributed by atoms with E-state index in [4.69, 9.17) is 0 Å². The monoisotopic (exact) mass is 465 g/mol. The Kier molecular flexibility index (Phi) is 6.14. The molecule has 5 nitrogen and oxygen atoms in total. The van der Waals surface area contributed by atoms with Gasteiger partial charge in [-0.1, -0.05) is 54.2 Å². The number of rotatable bonds is 4. The summed E-state index contributed by atoms with van der Waals surface area (Å²) >= 11 is 1.58. The number of benzene rings is 3. The fraction of sp³-hybridized carbons (Fsp3) is 0.107. The molecular weight excluding hydrogens is 442 g/mol. The van der Waals surface area contributed by atoms with Crippen LogP contribution in [0, 0.1) is 6.92 Å². The van der Waals surface area contributed by atoms with Crippen molar-refractivity contribution < 1.29 is 9.59 Å². The van der Waals surface area contributed by atoms with E-state index >= 15 is 0 Å². The fourth-order valence-corrected chi connectivity index (χ4v) is 4.99. The third-order valence-corrected chi connectivity index (χ3v) is 6.95. The lowest BCUT2D eigenvalue weighted by Crippen LogP contribution is -2.30. The highest BCUT2D eigenvalue weighted by Crippen LogP contribution is 2.40. The fourth-order valence-electron chi connectivity index (χ4n) is 3.98. The van der Waals surface area contributed by atoms with E-state index in [2.05, 4.69) is 16.4 Å². The van der Waals surface area contributed by atoms with E-state index in [1.807, 2.05) is 61.5 Å². The summed E-state index contributed by atoms with van der Waals surface area (Å²) < 4.78 is 0. The maximum absolute atomic E-state index is 13.5. The van der Waals surface area contributed by atoms with Gasteiger partial charge in [-0.25, -0.2) is 4.98 Å². The van der Waals surface area contributed by atoms with Crippen molar-refractivity contribution in [1.29, 1.82) is 0 Å². The summed E-state index contributed by atoms with van der Waals surface area (Å²) in [5.41, 5.74) is 5.18. The number of amides is 2. The maximum atomic E-state index is 13.5. The van der Waals surface area contributed by atoms with Gasteiger partial charge in [0.15, 0.2) is 0 Å². The first-order chi connectivity index (χ1) is 16.6. The lowest BCUT2D eigenvalue weighted by Gasteiger charge is -2.22. The number of carbonyl (C=O) groups excluding carboxylic acids is 2. The Bertz CT molecular complexity index is 1370. The first kappa shape index (κ1) is 21.9. The second-order valence-electron chi connectivity index (χ2n) is 8.16. The number of pyridine rings is 1. The molecule has 0 saturated heterocycles. The van der Waals surface area contributed by atoms with Gasteiger partial charge in [0.25, 0.3) is 5.91 Å². The quantitative estimate of drug-likeness (QED) is 0.409. The molecule has 0 spiro atoms. The Morgan fingerprint density at radius 3 is 2.53 bits per heavy atom. The standard InChI is InChI=1S/C28H23N3O2S/c1-19-7-2-3-8-21(19)17-26(32)30-23-14-12-20(13-15-23)28(33)31-18-22-9-4-5-11-25(22)34-27-24(31)10-6-16-29-27/h2-16H,17-18H2,1H3,(H,30,32). The average Bonchev–Trinajstić information content (AvgIpc) is 3.02. The highest BCUT2D eigenvalue weighted by atomic mass is 32.2. The van der Waals surface area contributed by atoms with Crippen LogP contribution in [0.25, 0.3) is 0 Å². The predicted molar refractivity (Wildman–Crippen MR) is 135 cm³/mol. The van der Waals surface area contributed by atoms with Crippen LogP contribution in [0.5, 0.6) is 0 Å². The van der Waals surface area contributed by atoms with Gasteiger partial charge in [0.2, 0.25) is 5.91 Å². The van der Waals surface area contributed by atoms with Crippen LogP contribution < -0.4 is 10.2 Å². The van der Waals surface area contributed by atoms with E-state index in [0.29, 0.717) is 24.2 Å². The van der Waals surface area contributed by atoms with Crippen molar-refractivity contribution in [2.75, 3.05) is 10.2 Å². The second-order valence-corrected chi connectivity index (χ2v) is 9.19. The van der Waals surface area contributed by atoms with Crippen molar-refractivity contribution in [1.82, 2.24) is 4.98 Å². The summed E-state index contributed by atoms with van der Waals surface area (Å²) in [6.45, 7) is 2.46. The number of hydrogen-bond acceptors (Lipinski definition) is 4. The van der Waals surface area contributed by atoms with Crippen LogP contribution in [-0.2, 0) is 17.8 Å². The van der Waals surface area contributed by atoms with Gasteiger partial charge in [-0.2, -0.15) is 0 Å². The van der Waals surface area contributed by atoms with Crippen molar-refractivity contribution in [2.45, 2.75) is 29.8 Å². The number of nitrogens with zero attached hydrogens (tertiary/aromatic N) is 2. The number of nitrogens with one attached hydrogen (secondary N) is 1. The Morgan fingerprint density at radius 2 is 1.71 bits per heavy atom. The molecule has 168 valence electrons. The van der Waals surface area contributed by atoms with Crippen LogP contribution in [0.1, 0.15) is 27.0 Å². The zero-order valence-electron chi connectivity index (χ0n) is 18.7. The lowest BCUT2D eigenvalue weighted by atomic mass is 10.1. The minimum atomic E-state index is -0.107. The topological polar surface area (TPSA) is 62.3 Å². The molecule has 0 saturated carbocycles. The highest BCUT2D eigenvalue weighted by Gasteiger charge is 2.26. The summed E-state index contributed by atoms with van der Waals surface area (Å²) in [5, 5.41) is 3.73. The molecule has 3 aromatic carbocycles. The average molecular weight is 466 g/mol. The SMILES string of the molecule is Cc1ccccc1CC(=O)Nc1ccc(C(=O)N2Cc3ccccc3Sc3ncccc32)cc1. The molecule has 1 aliphatic heterocycles. The van der Waals surface area contributed by atoms with E-state index in [9.17, 15) is 9.59 Å². The van der Waals surface area contributed by atoms with Gasteiger partial charge >= 0.3 is 0 Å². The van der Waals surface area contributed by atoms with Gasteiger partial charge in [-0.3, -0.25) is 9.59 Å². The van der Waals surface area contributed by atoms with Crippen molar-refractivity contribution in [3.05, 3.63) is 113 Å². The van der Waals surface area contributed by atoms with Crippen LogP contribution in [0.2, 0.25) is 0 Å². The van der Waals surface area contributed by atoms with E-state index < -0.39 is 0 Å². The van der Waals surface area contributed by atoms with Crippen LogP contribution >= 0.6 is 11.8 Å². The van der Waals surface area contributed by atoms with Gasteiger partial charge in [-0.15, -0.1) is 0 Å². The molecule has 0 atom stereocenters. The van der Waals surface area contributed by atoms with Crippen LogP contribution in [0.4, 0.5) is 11.4 Å². The molecule has 6 heteroatoms. The summed E-state index contributed by atoms with van der Waals surface area (Å²) in [5.74, 6) is -0.195. The van der Waals surface area contributed by atoms with E-state index in [0.717, 1.165) is 32.3 Å². The number of carbonyl (C=O) groups is 2. The first-order valence-corrected chi connectivity index (χ1v) is 11.9. The molecule has 4 aromatic rings. The van der Waals surface area contributed by atoms with Gasteiger partial charge in [0.05, 0.1) is 18.7 Å². The van der Waals surface area contributed by atoms with Gasteiger partial charge in [0, 0.05) is 22.3 Å². The van der Waals surface area contributed by atoms with E-state index in [1.165, 1.54) is 0 Å². The Hall–Kier alpha value is -3.90. The minimum Gasteiger partial charge on any atom is -0.326 e. The smallest absolute Gasteiger partial charge is 0.258 e. The Labute approximate surface area is 202 Å². The molecule has 1 N–H and O–H groups in total. The van der Waals surface area contributed by atoms with E-state index in [-0.39, 0.29) is 11.8 Å². The highest BCUT2D eigenvalue weighted by molar-refractivity contribution is 7.99. The number of aromatic nitrogens is 1. The maximum Gasteiger partial charge on any atom is 0.258 e. The van der Waals surface area contributed by atoms with Crippen molar-refractivity contribution in [3.63, 3.8) is 0 Å². The predicted octanol–water partition coefficient (Wildman–Crippen LogP) is 5.88. The van der Waals surface area contributed by atoms with Crippen LogP contribution in [0.15, 0.2) is 101 Å². The normalized spacial score (nSPS) is 12.3. The second kappa shape index (κ2) is 9.53. The lowest BCUT2D eigenvalue weighted by molar-refractivity contribution is -0.115. The molecule has 0 aliphatic carbocycles. The summed E-state index contributed by atoms with van der Waals surface area (Å²) in [4.78, 5) is 33.4. The number of aryl methyl sites for hydroxylation is 1. The molecular formula is C28H23N3O2S. The molecule has 0 unspecified atom stereocenters. The van der Waals surface area contributed by atoms with Crippen molar-refractivity contribution >= 4 is 35.0 Å². The summed E-state index contributed by atoms with van der Waals surface area (Å²) in [6.07, 6.45) is 2.05. The largest absolute Gasteiger partial charge is 0.326 e. The molecule has 34 heavy (non-hydrogen) atoms. The van der Waals surface area contributed by atoms with Crippen LogP contribution in [0.3, 0.4) is 0 Å². The zero-order chi connectivity index (χ0) is 23.5. The number of hydrogen-bond donors (Lipinski definition) is 1. The molecule has 0 fully saturated rings.